The van der Waals surface area contributed by atoms with Gasteiger partial charge in [-0.3, -0.25) is 0 Å². The van der Waals surface area contributed by atoms with E-state index in [2.05, 4.69) is 36.5 Å². The van der Waals surface area contributed by atoms with Crippen LogP contribution in [-0.4, -0.2) is 0 Å². The molecular weight excluding hydrogens is 213 g/mol. The van der Waals surface area contributed by atoms with Gasteiger partial charge in [-0.2, -0.15) is 0 Å². The molecule has 0 amide bonds. The topological polar surface area (TPSA) is 12.0 Å². The highest BCUT2D eigenvalue weighted by Crippen LogP contribution is 2.34. The third-order valence-electron chi connectivity index (χ3n) is 3.30. The Morgan fingerprint density at radius 1 is 1.12 bits per heavy atom. The van der Waals surface area contributed by atoms with Gasteiger partial charge in [-0.1, -0.05) is 29.8 Å². The lowest BCUT2D eigenvalue weighted by atomic mass is 10.0. The molecule has 0 aromatic heterocycles. The van der Waals surface area contributed by atoms with Crippen molar-refractivity contribution in [2.45, 2.75) is 19.4 Å². The Balaban J connectivity index is 1.88. The second-order valence-corrected chi connectivity index (χ2v) is 4.61. The SMILES string of the molecule is Cc1ccc(C2Cc3cc(F)ccc3N2)cc1. The molecule has 86 valence electrons. The summed E-state index contributed by atoms with van der Waals surface area (Å²) < 4.78 is 13.1. The van der Waals surface area contributed by atoms with Crippen molar-refractivity contribution in [3.8, 4) is 0 Å². The number of benzene rings is 2. The number of nitrogens with one attached hydrogen (secondary N) is 1. The molecule has 1 aliphatic heterocycles. The minimum atomic E-state index is -0.157. The van der Waals surface area contributed by atoms with E-state index in [0.717, 1.165) is 17.7 Å². The lowest BCUT2D eigenvalue weighted by Gasteiger charge is -2.11. The number of anilines is 1. The number of rotatable bonds is 1. The van der Waals surface area contributed by atoms with Crippen LogP contribution < -0.4 is 5.32 Å². The van der Waals surface area contributed by atoms with Crippen LogP contribution in [0.3, 0.4) is 0 Å². The smallest absolute Gasteiger partial charge is 0.123 e. The molecule has 1 nitrogen and oxygen atoms in total. The van der Waals surface area contributed by atoms with Crippen LogP contribution in [0.1, 0.15) is 22.7 Å². The first-order valence-corrected chi connectivity index (χ1v) is 5.84. The maximum Gasteiger partial charge on any atom is 0.123 e. The van der Waals surface area contributed by atoms with Crippen molar-refractivity contribution in [2.24, 2.45) is 0 Å². The van der Waals surface area contributed by atoms with Crippen LogP contribution in [0.25, 0.3) is 0 Å². The number of hydrogen-bond acceptors (Lipinski definition) is 1. The summed E-state index contributed by atoms with van der Waals surface area (Å²) in [5, 5.41) is 3.43. The maximum absolute atomic E-state index is 13.1. The van der Waals surface area contributed by atoms with Gasteiger partial charge in [0, 0.05) is 5.69 Å². The van der Waals surface area contributed by atoms with Gasteiger partial charge in [-0.15, -0.1) is 0 Å². The molecule has 0 spiro atoms. The van der Waals surface area contributed by atoms with Crippen molar-refractivity contribution in [1.29, 1.82) is 0 Å². The second kappa shape index (κ2) is 3.88. The van der Waals surface area contributed by atoms with Gasteiger partial charge in [-0.25, -0.2) is 4.39 Å². The first-order valence-electron chi connectivity index (χ1n) is 5.84. The van der Waals surface area contributed by atoms with Crippen molar-refractivity contribution >= 4 is 5.69 Å². The quantitative estimate of drug-likeness (QED) is 0.780. The molecule has 3 rings (SSSR count). The van der Waals surface area contributed by atoms with Crippen LogP contribution >= 0.6 is 0 Å². The van der Waals surface area contributed by atoms with Gasteiger partial charge < -0.3 is 5.32 Å². The highest BCUT2D eigenvalue weighted by atomic mass is 19.1. The zero-order valence-electron chi connectivity index (χ0n) is 9.70. The predicted molar refractivity (Wildman–Crippen MR) is 67.6 cm³/mol. The average molecular weight is 227 g/mol. The Hall–Kier alpha value is -1.83. The summed E-state index contributed by atoms with van der Waals surface area (Å²) in [6.45, 7) is 2.08. The van der Waals surface area contributed by atoms with Crippen molar-refractivity contribution in [3.05, 3.63) is 65.0 Å². The van der Waals surface area contributed by atoms with Gasteiger partial charge in [0.2, 0.25) is 0 Å². The van der Waals surface area contributed by atoms with E-state index >= 15 is 0 Å². The minimum absolute atomic E-state index is 0.157. The Bertz CT molecular complexity index is 545. The molecule has 2 heteroatoms. The van der Waals surface area contributed by atoms with E-state index in [1.54, 1.807) is 6.07 Å². The van der Waals surface area contributed by atoms with Crippen molar-refractivity contribution in [1.82, 2.24) is 0 Å². The zero-order valence-corrected chi connectivity index (χ0v) is 9.70. The second-order valence-electron chi connectivity index (χ2n) is 4.61. The maximum atomic E-state index is 13.1. The number of halogens is 1. The van der Waals surface area contributed by atoms with Crippen LogP contribution in [0.15, 0.2) is 42.5 Å². The molecule has 0 bridgehead atoms. The number of fused-ring (bicyclic) bond motifs is 1. The molecule has 2 aromatic rings. The molecule has 1 heterocycles. The molecule has 2 aromatic carbocycles. The summed E-state index contributed by atoms with van der Waals surface area (Å²) in [6.07, 6.45) is 0.857. The lowest BCUT2D eigenvalue weighted by molar-refractivity contribution is 0.626. The minimum Gasteiger partial charge on any atom is -0.378 e. The summed E-state index contributed by atoms with van der Waals surface area (Å²) in [6, 6.07) is 13.7. The molecule has 17 heavy (non-hydrogen) atoms. The van der Waals surface area contributed by atoms with Crippen molar-refractivity contribution in [2.75, 3.05) is 5.32 Å². The standard InChI is InChI=1S/C15H14FN/c1-10-2-4-11(5-3-10)15-9-12-8-13(16)6-7-14(12)17-15/h2-8,15,17H,9H2,1H3. The highest BCUT2D eigenvalue weighted by molar-refractivity contribution is 5.58. The van der Waals surface area contributed by atoms with Gasteiger partial charge in [-0.05, 0) is 42.7 Å². The monoisotopic (exact) mass is 227 g/mol. The van der Waals surface area contributed by atoms with Gasteiger partial charge in [0.15, 0.2) is 0 Å². The fourth-order valence-electron chi connectivity index (χ4n) is 2.33. The zero-order chi connectivity index (χ0) is 11.8. The van der Waals surface area contributed by atoms with E-state index in [1.165, 1.54) is 17.2 Å². The summed E-state index contributed by atoms with van der Waals surface area (Å²) in [5.74, 6) is -0.157. The van der Waals surface area contributed by atoms with Crippen LogP contribution in [-0.2, 0) is 6.42 Å². The van der Waals surface area contributed by atoms with Crippen molar-refractivity contribution in [3.63, 3.8) is 0 Å². The van der Waals surface area contributed by atoms with Crippen LogP contribution in [0, 0.1) is 12.7 Å². The molecule has 0 fully saturated rings. The molecule has 1 atom stereocenters. The van der Waals surface area contributed by atoms with E-state index < -0.39 is 0 Å². The molecule has 0 radical (unpaired) electrons. The Kier molecular flexibility index (Phi) is 2.36. The summed E-state index contributed by atoms with van der Waals surface area (Å²) >= 11 is 0. The Labute approximate surface area is 100 Å². The largest absolute Gasteiger partial charge is 0.378 e. The van der Waals surface area contributed by atoms with Crippen LogP contribution in [0.2, 0.25) is 0 Å². The third kappa shape index (κ3) is 1.91. The van der Waals surface area contributed by atoms with Crippen LogP contribution in [0.5, 0.6) is 0 Å². The first-order chi connectivity index (χ1) is 8.22. The summed E-state index contributed by atoms with van der Waals surface area (Å²) in [5.41, 5.74) is 4.63. The molecule has 1 N–H and O–H groups in total. The highest BCUT2D eigenvalue weighted by Gasteiger charge is 2.21. The van der Waals surface area contributed by atoms with Crippen LogP contribution in [0.4, 0.5) is 10.1 Å². The first kappa shape index (κ1) is 10.3. The molecule has 0 saturated heterocycles. The number of aryl methyl sites for hydroxylation is 1. The van der Waals surface area contributed by atoms with Gasteiger partial charge in [0.05, 0.1) is 6.04 Å². The van der Waals surface area contributed by atoms with E-state index in [0.29, 0.717) is 0 Å². The molecular formula is C15H14FN. The molecule has 1 aliphatic rings. The van der Waals surface area contributed by atoms with E-state index in [4.69, 9.17) is 0 Å². The summed E-state index contributed by atoms with van der Waals surface area (Å²) in [4.78, 5) is 0. The Morgan fingerprint density at radius 3 is 2.65 bits per heavy atom. The number of hydrogen-bond donors (Lipinski definition) is 1. The normalized spacial score (nSPS) is 17.6. The molecule has 0 aliphatic carbocycles. The third-order valence-corrected chi connectivity index (χ3v) is 3.30. The fourth-order valence-corrected chi connectivity index (χ4v) is 2.33. The molecule has 0 saturated carbocycles. The fraction of sp³-hybridized carbons (Fsp3) is 0.200. The predicted octanol–water partition coefficient (Wildman–Crippen LogP) is 3.84. The Morgan fingerprint density at radius 2 is 1.88 bits per heavy atom. The van der Waals surface area contributed by atoms with Gasteiger partial charge in [0.1, 0.15) is 5.82 Å². The van der Waals surface area contributed by atoms with E-state index in [9.17, 15) is 4.39 Å². The lowest BCUT2D eigenvalue weighted by Crippen LogP contribution is -2.05. The van der Waals surface area contributed by atoms with Crippen molar-refractivity contribution < 1.29 is 4.39 Å². The van der Waals surface area contributed by atoms with Gasteiger partial charge >= 0.3 is 0 Å². The van der Waals surface area contributed by atoms with E-state index in [1.807, 2.05) is 6.07 Å². The van der Waals surface area contributed by atoms with Gasteiger partial charge in [0.25, 0.3) is 0 Å². The average Bonchev–Trinajstić information content (AvgIpc) is 2.72. The van der Waals surface area contributed by atoms with E-state index in [-0.39, 0.29) is 11.9 Å². The summed E-state index contributed by atoms with van der Waals surface area (Å²) in [7, 11) is 0. The molecule has 1 unspecified atom stereocenters.